The number of allylic oxidation sites excluding steroid dienone is 3. The third-order valence-electron chi connectivity index (χ3n) is 4.75. The van der Waals surface area contributed by atoms with Crippen LogP contribution < -0.4 is 0 Å². The Hall–Kier alpha value is -0.850. The Balaban J connectivity index is 2.36. The number of hydrogen-bond acceptors (Lipinski definition) is 1. The lowest BCUT2D eigenvalue weighted by atomic mass is 9.57. The molecule has 0 saturated heterocycles. The standard InChI is InChI=1S/C15H22O/c1-10(2)12-8-14(16)13-7-5-6-11(3)15(13,4)9-12/h7,11-12H,1,5-6,8-9H2,2-4H3/t11-,12-,15+/m0/s1. The molecule has 0 unspecified atom stereocenters. The van der Waals surface area contributed by atoms with Gasteiger partial charge in [0.05, 0.1) is 0 Å². The van der Waals surface area contributed by atoms with E-state index in [2.05, 4.69) is 33.4 Å². The van der Waals surface area contributed by atoms with Crippen molar-refractivity contribution in [3.8, 4) is 0 Å². The van der Waals surface area contributed by atoms with E-state index in [9.17, 15) is 4.79 Å². The van der Waals surface area contributed by atoms with Gasteiger partial charge in [-0.2, -0.15) is 0 Å². The molecule has 0 aromatic rings. The van der Waals surface area contributed by atoms with Crippen molar-refractivity contribution < 1.29 is 4.79 Å². The first-order chi connectivity index (χ1) is 7.45. The molecule has 2 aliphatic carbocycles. The molecule has 3 atom stereocenters. The van der Waals surface area contributed by atoms with Crippen molar-refractivity contribution >= 4 is 5.78 Å². The van der Waals surface area contributed by atoms with Gasteiger partial charge in [-0.15, -0.1) is 0 Å². The van der Waals surface area contributed by atoms with Gasteiger partial charge in [0.2, 0.25) is 0 Å². The van der Waals surface area contributed by atoms with Gasteiger partial charge < -0.3 is 0 Å². The predicted octanol–water partition coefficient (Wildman–Crippen LogP) is 3.90. The average Bonchev–Trinajstić information content (AvgIpc) is 2.20. The van der Waals surface area contributed by atoms with Gasteiger partial charge in [-0.3, -0.25) is 4.79 Å². The van der Waals surface area contributed by atoms with Crippen molar-refractivity contribution in [2.75, 3.05) is 0 Å². The van der Waals surface area contributed by atoms with Crippen LogP contribution >= 0.6 is 0 Å². The lowest BCUT2D eigenvalue weighted by Gasteiger charge is -2.46. The normalized spacial score (nSPS) is 38.9. The Morgan fingerprint density at radius 3 is 2.88 bits per heavy atom. The van der Waals surface area contributed by atoms with Gasteiger partial charge in [0, 0.05) is 6.42 Å². The van der Waals surface area contributed by atoms with E-state index in [0.717, 1.165) is 18.4 Å². The van der Waals surface area contributed by atoms with Crippen LogP contribution in [-0.4, -0.2) is 5.78 Å². The van der Waals surface area contributed by atoms with Crippen molar-refractivity contribution in [1.29, 1.82) is 0 Å². The summed E-state index contributed by atoms with van der Waals surface area (Å²) in [7, 11) is 0. The fourth-order valence-corrected chi connectivity index (χ4v) is 3.30. The quantitative estimate of drug-likeness (QED) is 0.610. The molecule has 0 amide bonds. The molecule has 1 nitrogen and oxygen atoms in total. The van der Waals surface area contributed by atoms with Crippen molar-refractivity contribution in [1.82, 2.24) is 0 Å². The van der Waals surface area contributed by atoms with E-state index in [0.29, 0.717) is 24.0 Å². The maximum absolute atomic E-state index is 12.2. The van der Waals surface area contributed by atoms with Gasteiger partial charge >= 0.3 is 0 Å². The monoisotopic (exact) mass is 218 g/mol. The zero-order chi connectivity index (χ0) is 11.9. The summed E-state index contributed by atoms with van der Waals surface area (Å²) in [5, 5.41) is 0. The van der Waals surface area contributed by atoms with Crippen molar-refractivity contribution in [3.63, 3.8) is 0 Å². The second-order valence-corrected chi connectivity index (χ2v) is 5.89. The maximum atomic E-state index is 12.2. The second-order valence-electron chi connectivity index (χ2n) is 5.89. The van der Waals surface area contributed by atoms with Crippen LogP contribution in [0.15, 0.2) is 23.8 Å². The number of ketones is 1. The minimum atomic E-state index is 0.108. The number of carbonyl (C=O) groups is 1. The first-order valence-corrected chi connectivity index (χ1v) is 6.34. The van der Waals surface area contributed by atoms with E-state index >= 15 is 0 Å². The molecule has 0 aromatic carbocycles. The van der Waals surface area contributed by atoms with Crippen LogP contribution in [0.4, 0.5) is 0 Å². The summed E-state index contributed by atoms with van der Waals surface area (Å²) >= 11 is 0. The lowest BCUT2D eigenvalue weighted by Crippen LogP contribution is -2.40. The topological polar surface area (TPSA) is 17.1 Å². The summed E-state index contributed by atoms with van der Waals surface area (Å²) in [5.74, 6) is 1.39. The van der Waals surface area contributed by atoms with E-state index in [1.165, 1.54) is 12.0 Å². The molecule has 1 saturated carbocycles. The summed E-state index contributed by atoms with van der Waals surface area (Å²) in [5.41, 5.74) is 2.40. The fraction of sp³-hybridized carbons (Fsp3) is 0.667. The van der Waals surface area contributed by atoms with Crippen LogP contribution in [0, 0.1) is 17.3 Å². The van der Waals surface area contributed by atoms with Crippen LogP contribution in [0.1, 0.15) is 46.5 Å². The zero-order valence-electron chi connectivity index (χ0n) is 10.7. The molecule has 88 valence electrons. The van der Waals surface area contributed by atoms with Gasteiger partial charge in [0.15, 0.2) is 5.78 Å². The summed E-state index contributed by atoms with van der Waals surface area (Å²) in [6.45, 7) is 10.7. The molecular formula is C15H22O. The SMILES string of the molecule is C=C(C)[C@H]1CC(=O)C2=CCC[C@H](C)[C@@]2(C)C1. The number of hydrogen-bond donors (Lipinski definition) is 0. The third kappa shape index (κ3) is 1.66. The summed E-state index contributed by atoms with van der Waals surface area (Å²) in [6, 6.07) is 0. The summed E-state index contributed by atoms with van der Waals surface area (Å²) in [6.07, 6.45) is 6.29. The van der Waals surface area contributed by atoms with Crippen molar-refractivity contribution in [3.05, 3.63) is 23.8 Å². The molecule has 2 aliphatic rings. The maximum Gasteiger partial charge on any atom is 0.159 e. The van der Waals surface area contributed by atoms with Gasteiger partial charge in [0.25, 0.3) is 0 Å². The third-order valence-corrected chi connectivity index (χ3v) is 4.75. The molecule has 16 heavy (non-hydrogen) atoms. The zero-order valence-corrected chi connectivity index (χ0v) is 10.7. The van der Waals surface area contributed by atoms with E-state index in [-0.39, 0.29) is 5.41 Å². The Kier molecular flexibility index (Phi) is 2.81. The number of fused-ring (bicyclic) bond motifs is 1. The molecule has 1 heteroatoms. The van der Waals surface area contributed by atoms with Crippen LogP contribution in [-0.2, 0) is 4.79 Å². The van der Waals surface area contributed by atoms with Crippen LogP contribution in [0.5, 0.6) is 0 Å². The van der Waals surface area contributed by atoms with Crippen molar-refractivity contribution in [2.45, 2.75) is 46.5 Å². The van der Waals surface area contributed by atoms with Gasteiger partial charge in [-0.1, -0.05) is 32.1 Å². The Morgan fingerprint density at radius 1 is 1.56 bits per heavy atom. The van der Waals surface area contributed by atoms with Gasteiger partial charge in [-0.25, -0.2) is 0 Å². The summed E-state index contributed by atoms with van der Waals surface area (Å²) < 4.78 is 0. The smallest absolute Gasteiger partial charge is 0.159 e. The number of Topliss-reactive ketones (excluding diaryl/α,β-unsaturated/α-hetero) is 1. The predicted molar refractivity (Wildman–Crippen MR) is 67.1 cm³/mol. The first kappa shape index (κ1) is 11.6. The lowest BCUT2D eigenvalue weighted by molar-refractivity contribution is -0.120. The minimum absolute atomic E-state index is 0.108. The molecule has 0 heterocycles. The second kappa shape index (κ2) is 3.87. The molecular weight excluding hydrogens is 196 g/mol. The highest BCUT2D eigenvalue weighted by atomic mass is 16.1. The fourth-order valence-electron chi connectivity index (χ4n) is 3.30. The van der Waals surface area contributed by atoms with E-state index in [4.69, 9.17) is 0 Å². The van der Waals surface area contributed by atoms with Crippen LogP contribution in [0.3, 0.4) is 0 Å². The highest BCUT2D eigenvalue weighted by molar-refractivity contribution is 5.98. The Labute approximate surface area is 98.6 Å². The van der Waals surface area contributed by atoms with Gasteiger partial charge in [0.1, 0.15) is 0 Å². The molecule has 0 spiro atoms. The highest BCUT2D eigenvalue weighted by Crippen LogP contribution is 2.51. The highest BCUT2D eigenvalue weighted by Gasteiger charge is 2.45. The van der Waals surface area contributed by atoms with Gasteiger partial charge in [-0.05, 0) is 49.0 Å². The molecule has 0 aromatic heterocycles. The number of carbonyl (C=O) groups excluding carboxylic acids is 1. The summed E-state index contributed by atoms with van der Waals surface area (Å²) in [4.78, 5) is 12.2. The van der Waals surface area contributed by atoms with Crippen LogP contribution in [0.25, 0.3) is 0 Å². The molecule has 0 N–H and O–H groups in total. The average molecular weight is 218 g/mol. The van der Waals surface area contributed by atoms with E-state index < -0.39 is 0 Å². The molecule has 1 fully saturated rings. The largest absolute Gasteiger partial charge is 0.295 e. The Bertz CT molecular complexity index is 364. The van der Waals surface area contributed by atoms with E-state index in [1.807, 2.05) is 0 Å². The first-order valence-electron chi connectivity index (χ1n) is 6.34. The van der Waals surface area contributed by atoms with Crippen LogP contribution in [0.2, 0.25) is 0 Å². The Morgan fingerprint density at radius 2 is 2.25 bits per heavy atom. The van der Waals surface area contributed by atoms with Crippen molar-refractivity contribution in [2.24, 2.45) is 17.3 Å². The number of rotatable bonds is 1. The molecule has 2 rings (SSSR count). The molecule has 0 radical (unpaired) electrons. The molecule has 0 bridgehead atoms. The molecule has 0 aliphatic heterocycles. The van der Waals surface area contributed by atoms with E-state index in [1.54, 1.807) is 0 Å². The minimum Gasteiger partial charge on any atom is -0.295 e.